The summed E-state index contributed by atoms with van der Waals surface area (Å²) in [7, 11) is 0. The van der Waals surface area contributed by atoms with E-state index < -0.39 is 0 Å². The molecule has 84 valence electrons. The van der Waals surface area contributed by atoms with Gasteiger partial charge in [0.05, 0.1) is 12.5 Å². The van der Waals surface area contributed by atoms with Gasteiger partial charge in [-0.1, -0.05) is 36.4 Å². The molecule has 0 spiro atoms. The maximum Gasteiger partial charge on any atom is 0.127 e. The van der Waals surface area contributed by atoms with Crippen molar-refractivity contribution in [1.29, 1.82) is 0 Å². The topological polar surface area (TPSA) is 22.4 Å². The minimum Gasteiger partial charge on any atom is -0.488 e. The lowest BCUT2D eigenvalue weighted by atomic mass is 10.1. The molecule has 3 aromatic rings. The third-order valence-electron chi connectivity index (χ3n) is 2.72. The van der Waals surface area contributed by atoms with Crippen molar-refractivity contribution in [2.45, 2.75) is 6.61 Å². The summed E-state index contributed by atoms with van der Waals surface area (Å²) in [6.07, 6.45) is 3.35. The zero-order valence-electron chi connectivity index (χ0n) is 9.30. The minimum absolute atomic E-state index is 0.532. The second kappa shape index (κ2) is 4.34. The number of rotatable bonds is 3. The van der Waals surface area contributed by atoms with Crippen LogP contribution in [0, 0.1) is 0 Å². The van der Waals surface area contributed by atoms with Crippen molar-refractivity contribution in [3.05, 3.63) is 66.6 Å². The molecular formula is C15H12O2. The highest BCUT2D eigenvalue weighted by Crippen LogP contribution is 2.25. The number of benzene rings is 2. The third kappa shape index (κ3) is 2.02. The molecule has 0 N–H and O–H groups in total. The molecule has 0 aliphatic carbocycles. The van der Waals surface area contributed by atoms with Gasteiger partial charge < -0.3 is 9.15 Å². The van der Waals surface area contributed by atoms with E-state index in [4.69, 9.17) is 9.15 Å². The van der Waals surface area contributed by atoms with Crippen molar-refractivity contribution < 1.29 is 9.15 Å². The van der Waals surface area contributed by atoms with Crippen LogP contribution in [0.25, 0.3) is 10.8 Å². The SMILES string of the molecule is c1ccc2c(OCc3ccoc3)cccc2c1. The maximum atomic E-state index is 5.80. The summed E-state index contributed by atoms with van der Waals surface area (Å²) in [5.41, 5.74) is 1.04. The average Bonchev–Trinajstić information content (AvgIpc) is 2.89. The van der Waals surface area contributed by atoms with Gasteiger partial charge in [-0.25, -0.2) is 0 Å². The highest BCUT2D eigenvalue weighted by Gasteiger charge is 2.01. The van der Waals surface area contributed by atoms with E-state index in [1.54, 1.807) is 12.5 Å². The van der Waals surface area contributed by atoms with Crippen LogP contribution >= 0.6 is 0 Å². The first kappa shape index (κ1) is 9.97. The zero-order valence-corrected chi connectivity index (χ0v) is 9.30. The summed E-state index contributed by atoms with van der Waals surface area (Å²) < 4.78 is 10.8. The quantitative estimate of drug-likeness (QED) is 0.670. The van der Waals surface area contributed by atoms with Crippen molar-refractivity contribution in [1.82, 2.24) is 0 Å². The van der Waals surface area contributed by atoms with Crippen LogP contribution in [0.4, 0.5) is 0 Å². The Bertz CT molecular complexity index is 606. The van der Waals surface area contributed by atoms with Crippen LogP contribution in [0.2, 0.25) is 0 Å². The van der Waals surface area contributed by atoms with Gasteiger partial charge in [-0.15, -0.1) is 0 Å². The van der Waals surface area contributed by atoms with Gasteiger partial charge in [0.15, 0.2) is 0 Å². The third-order valence-corrected chi connectivity index (χ3v) is 2.72. The van der Waals surface area contributed by atoms with Gasteiger partial charge in [0.25, 0.3) is 0 Å². The van der Waals surface area contributed by atoms with Crippen molar-refractivity contribution in [3.63, 3.8) is 0 Å². The second-order valence-corrected chi connectivity index (χ2v) is 3.90. The fraction of sp³-hybridized carbons (Fsp3) is 0.0667. The number of hydrogen-bond acceptors (Lipinski definition) is 2. The van der Waals surface area contributed by atoms with Crippen LogP contribution in [0.15, 0.2) is 65.5 Å². The summed E-state index contributed by atoms with van der Waals surface area (Å²) in [6.45, 7) is 0.532. The standard InChI is InChI=1S/C15H12O2/c1-2-6-14-13(4-1)5-3-7-15(14)17-11-12-8-9-16-10-12/h1-10H,11H2. The summed E-state index contributed by atoms with van der Waals surface area (Å²) in [5, 5.41) is 2.33. The molecule has 0 radical (unpaired) electrons. The average molecular weight is 224 g/mol. The van der Waals surface area contributed by atoms with Gasteiger partial charge in [0.1, 0.15) is 12.4 Å². The number of hydrogen-bond donors (Lipinski definition) is 0. The lowest BCUT2D eigenvalue weighted by Gasteiger charge is -2.07. The predicted molar refractivity (Wildman–Crippen MR) is 67.0 cm³/mol. The number of fused-ring (bicyclic) bond motifs is 1. The van der Waals surface area contributed by atoms with Crippen LogP contribution in [-0.2, 0) is 6.61 Å². The normalized spacial score (nSPS) is 10.6. The van der Waals surface area contributed by atoms with Crippen molar-refractivity contribution >= 4 is 10.8 Å². The lowest BCUT2D eigenvalue weighted by molar-refractivity contribution is 0.308. The second-order valence-electron chi connectivity index (χ2n) is 3.90. The van der Waals surface area contributed by atoms with Gasteiger partial charge in [-0.2, -0.15) is 0 Å². The molecule has 17 heavy (non-hydrogen) atoms. The molecule has 1 heterocycles. The molecule has 3 rings (SSSR count). The van der Waals surface area contributed by atoms with E-state index >= 15 is 0 Å². The number of ether oxygens (including phenoxy) is 1. The fourth-order valence-electron chi connectivity index (χ4n) is 1.86. The molecule has 0 aliphatic rings. The molecule has 0 amide bonds. The highest BCUT2D eigenvalue weighted by molar-refractivity contribution is 5.88. The minimum atomic E-state index is 0.532. The monoisotopic (exact) mass is 224 g/mol. The highest BCUT2D eigenvalue weighted by atomic mass is 16.5. The smallest absolute Gasteiger partial charge is 0.127 e. The van der Waals surface area contributed by atoms with Crippen molar-refractivity contribution in [2.75, 3.05) is 0 Å². The first-order valence-corrected chi connectivity index (χ1v) is 5.55. The predicted octanol–water partition coefficient (Wildman–Crippen LogP) is 4.01. The Morgan fingerprint density at radius 3 is 2.71 bits per heavy atom. The van der Waals surface area contributed by atoms with Gasteiger partial charge in [-0.3, -0.25) is 0 Å². The zero-order chi connectivity index (χ0) is 11.5. The van der Waals surface area contributed by atoms with Gasteiger partial charge >= 0.3 is 0 Å². The molecule has 0 unspecified atom stereocenters. The van der Waals surface area contributed by atoms with Gasteiger partial charge in [-0.05, 0) is 17.5 Å². The molecular weight excluding hydrogens is 212 g/mol. The number of furan rings is 1. The Morgan fingerprint density at radius 2 is 1.82 bits per heavy atom. The Labute approximate surface area is 99.4 Å². The molecule has 0 saturated carbocycles. The fourth-order valence-corrected chi connectivity index (χ4v) is 1.86. The molecule has 1 aromatic heterocycles. The summed E-state index contributed by atoms with van der Waals surface area (Å²) in [6, 6.07) is 16.2. The molecule has 0 saturated heterocycles. The molecule has 0 bridgehead atoms. The lowest BCUT2D eigenvalue weighted by Crippen LogP contribution is -1.94. The van der Waals surface area contributed by atoms with E-state index in [1.807, 2.05) is 30.3 Å². The Kier molecular flexibility index (Phi) is 2.54. The van der Waals surface area contributed by atoms with Crippen LogP contribution < -0.4 is 4.74 Å². The molecule has 2 nitrogen and oxygen atoms in total. The first-order chi connectivity index (χ1) is 8.43. The maximum absolute atomic E-state index is 5.80. The Balaban J connectivity index is 1.90. The summed E-state index contributed by atoms with van der Waals surface area (Å²) in [5.74, 6) is 0.907. The summed E-state index contributed by atoms with van der Waals surface area (Å²) in [4.78, 5) is 0. The van der Waals surface area contributed by atoms with Crippen molar-refractivity contribution in [2.24, 2.45) is 0 Å². The van der Waals surface area contributed by atoms with Crippen LogP contribution in [0.1, 0.15) is 5.56 Å². The van der Waals surface area contributed by atoms with Gasteiger partial charge in [0.2, 0.25) is 0 Å². The van der Waals surface area contributed by atoms with E-state index in [9.17, 15) is 0 Å². The first-order valence-electron chi connectivity index (χ1n) is 5.55. The van der Waals surface area contributed by atoms with E-state index in [0.29, 0.717) is 6.61 Å². The molecule has 2 heteroatoms. The molecule has 2 aromatic carbocycles. The Hall–Kier alpha value is -2.22. The van der Waals surface area contributed by atoms with Crippen molar-refractivity contribution in [3.8, 4) is 5.75 Å². The van der Waals surface area contributed by atoms with E-state index in [-0.39, 0.29) is 0 Å². The molecule has 0 atom stereocenters. The molecule has 0 aliphatic heterocycles. The summed E-state index contributed by atoms with van der Waals surface area (Å²) >= 11 is 0. The van der Waals surface area contributed by atoms with E-state index in [0.717, 1.165) is 16.7 Å². The van der Waals surface area contributed by atoms with Crippen LogP contribution in [0.3, 0.4) is 0 Å². The molecule has 0 fully saturated rings. The van der Waals surface area contributed by atoms with Gasteiger partial charge in [0, 0.05) is 10.9 Å². The van der Waals surface area contributed by atoms with Crippen LogP contribution in [0.5, 0.6) is 5.75 Å². The Morgan fingerprint density at radius 1 is 0.941 bits per heavy atom. The largest absolute Gasteiger partial charge is 0.488 e. The van der Waals surface area contributed by atoms with Crippen LogP contribution in [-0.4, -0.2) is 0 Å². The van der Waals surface area contributed by atoms with E-state index in [2.05, 4.69) is 18.2 Å². The van der Waals surface area contributed by atoms with E-state index in [1.165, 1.54) is 5.39 Å².